The van der Waals surface area contributed by atoms with Crippen LogP contribution >= 0.6 is 12.6 Å². The molecule has 0 spiro atoms. The van der Waals surface area contributed by atoms with Crippen molar-refractivity contribution in [1.29, 1.82) is 0 Å². The fourth-order valence-electron chi connectivity index (χ4n) is 0.355. The number of carboxylic acid groups (broad SMARTS) is 1. The standard InChI is InChI=1S/C6H11NO2SSe/c1-2-3-11-7-5(4-10)6(8)9/h2-3,5,7,10H,4H2,1H3,(H,8,9)/b3-2-. The number of hydrogen-bond acceptors (Lipinski definition) is 3. The Morgan fingerprint density at radius 3 is 2.91 bits per heavy atom. The van der Waals surface area contributed by atoms with Crippen LogP contribution in [0, 0.1) is 0 Å². The summed E-state index contributed by atoms with van der Waals surface area (Å²) >= 11 is 3.97. The maximum atomic E-state index is 10.4. The Bertz CT molecular complexity index is 152. The second-order valence-electron chi connectivity index (χ2n) is 1.78. The van der Waals surface area contributed by atoms with Crippen molar-refractivity contribution in [3.63, 3.8) is 0 Å². The van der Waals surface area contributed by atoms with Gasteiger partial charge in [0.25, 0.3) is 0 Å². The average Bonchev–Trinajstić information content (AvgIpc) is 1.97. The summed E-state index contributed by atoms with van der Waals surface area (Å²) in [5.41, 5.74) is 0. The number of hydrogen-bond donors (Lipinski definition) is 3. The molecule has 0 fully saturated rings. The number of allylic oxidation sites excluding steroid dienone is 1. The van der Waals surface area contributed by atoms with E-state index < -0.39 is 12.0 Å². The van der Waals surface area contributed by atoms with Gasteiger partial charge in [0.05, 0.1) is 0 Å². The molecule has 0 aliphatic heterocycles. The van der Waals surface area contributed by atoms with Crippen molar-refractivity contribution in [2.24, 2.45) is 0 Å². The minimum atomic E-state index is -0.841. The molecule has 0 amide bonds. The molecule has 0 aromatic rings. The van der Waals surface area contributed by atoms with Crippen LogP contribution in [0.25, 0.3) is 0 Å². The van der Waals surface area contributed by atoms with Gasteiger partial charge in [-0.15, -0.1) is 0 Å². The van der Waals surface area contributed by atoms with Crippen LogP contribution in [0.3, 0.4) is 0 Å². The Balaban J connectivity index is 3.61. The molecule has 0 bridgehead atoms. The van der Waals surface area contributed by atoms with Gasteiger partial charge in [0.15, 0.2) is 0 Å². The van der Waals surface area contributed by atoms with E-state index in [1.165, 1.54) is 0 Å². The number of carbonyl (C=O) groups is 1. The van der Waals surface area contributed by atoms with Gasteiger partial charge >= 0.3 is 77.8 Å². The Hall–Kier alpha value is 0.0395. The van der Waals surface area contributed by atoms with E-state index in [0.717, 1.165) is 0 Å². The monoisotopic (exact) mass is 241 g/mol. The summed E-state index contributed by atoms with van der Waals surface area (Å²) in [5, 5.41) is 8.55. The summed E-state index contributed by atoms with van der Waals surface area (Å²) < 4.78 is 2.87. The summed E-state index contributed by atoms with van der Waals surface area (Å²) in [5.74, 6) is -0.513. The van der Waals surface area contributed by atoms with Crippen LogP contribution in [0.2, 0.25) is 0 Å². The maximum absolute atomic E-state index is 10.4. The quantitative estimate of drug-likeness (QED) is 0.472. The van der Waals surface area contributed by atoms with Crippen molar-refractivity contribution in [3.05, 3.63) is 11.1 Å². The van der Waals surface area contributed by atoms with Gasteiger partial charge in [0.1, 0.15) is 0 Å². The number of nitrogens with one attached hydrogen (secondary N) is 1. The summed E-state index contributed by atoms with van der Waals surface area (Å²) in [7, 11) is 0. The van der Waals surface area contributed by atoms with Crippen molar-refractivity contribution >= 4 is 33.8 Å². The van der Waals surface area contributed by atoms with Crippen LogP contribution in [0.4, 0.5) is 0 Å². The molecule has 0 aliphatic carbocycles. The van der Waals surface area contributed by atoms with Crippen LogP contribution in [-0.2, 0) is 4.79 Å². The molecule has 0 heterocycles. The van der Waals surface area contributed by atoms with Crippen LogP contribution in [0.5, 0.6) is 0 Å². The SMILES string of the molecule is C/C=C\[Se]NC(CS)C(=O)O. The van der Waals surface area contributed by atoms with Crippen molar-refractivity contribution in [3.8, 4) is 0 Å². The van der Waals surface area contributed by atoms with Gasteiger partial charge in [0, 0.05) is 0 Å². The fourth-order valence-corrected chi connectivity index (χ4v) is 2.06. The topological polar surface area (TPSA) is 49.3 Å². The molecule has 11 heavy (non-hydrogen) atoms. The molecule has 0 saturated carbocycles. The Morgan fingerprint density at radius 1 is 1.91 bits per heavy atom. The molecule has 0 aromatic carbocycles. The molecule has 64 valence electrons. The summed E-state index contributed by atoms with van der Waals surface area (Å²) in [6, 6.07) is -0.519. The number of aliphatic carboxylic acids is 1. The van der Waals surface area contributed by atoms with Crippen molar-refractivity contribution in [1.82, 2.24) is 4.33 Å². The van der Waals surface area contributed by atoms with E-state index in [2.05, 4.69) is 17.0 Å². The zero-order valence-corrected chi connectivity index (χ0v) is 8.76. The molecule has 0 aromatic heterocycles. The first-order valence-electron chi connectivity index (χ1n) is 3.08. The first kappa shape index (κ1) is 11.0. The third-order valence-corrected chi connectivity index (χ3v) is 3.00. The van der Waals surface area contributed by atoms with Crippen molar-refractivity contribution in [2.45, 2.75) is 13.0 Å². The molecule has 1 atom stereocenters. The van der Waals surface area contributed by atoms with Gasteiger partial charge in [-0.05, 0) is 0 Å². The molecule has 1 unspecified atom stereocenters. The first-order valence-corrected chi connectivity index (χ1v) is 5.56. The van der Waals surface area contributed by atoms with Gasteiger partial charge in [-0.2, -0.15) is 0 Å². The summed E-state index contributed by atoms with van der Waals surface area (Å²) in [6.45, 7) is 1.90. The first-order chi connectivity index (χ1) is 5.22. The Morgan fingerprint density at radius 2 is 2.55 bits per heavy atom. The second-order valence-corrected chi connectivity index (χ2v) is 3.70. The van der Waals surface area contributed by atoms with Gasteiger partial charge in [0.2, 0.25) is 0 Å². The number of thiol groups is 1. The third-order valence-electron chi connectivity index (χ3n) is 0.895. The predicted octanol–water partition coefficient (Wildman–Crippen LogP) is 0.112. The zero-order chi connectivity index (χ0) is 8.69. The third kappa shape index (κ3) is 5.32. The van der Waals surface area contributed by atoms with E-state index in [1.54, 1.807) is 0 Å². The van der Waals surface area contributed by atoms with Crippen LogP contribution in [-0.4, -0.2) is 38.0 Å². The summed E-state index contributed by atoms with van der Waals surface area (Å²) in [6.07, 6.45) is 1.89. The van der Waals surface area contributed by atoms with E-state index in [1.807, 2.05) is 18.0 Å². The van der Waals surface area contributed by atoms with Gasteiger partial charge in [-0.25, -0.2) is 0 Å². The number of carboxylic acids is 1. The van der Waals surface area contributed by atoms with Gasteiger partial charge in [-0.1, -0.05) is 0 Å². The molecule has 0 radical (unpaired) electrons. The fraction of sp³-hybridized carbons (Fsp3) is 0.500. The van der Waals surface area contributed by atoms with Crippen LogP contribution < -0.4 is 4.33 Å². The molecule has 3 nitrogen and oxygen atoms in total. The van der Waals surface area contributed by atoms with E-state index in [0.29, 0.717) is 5.75 Å². The minimum absolute atomic E-state index is 0.0700. The molecular weight excluding hydrogens is 229 g/mol. The van der Waals surface area contributed by atoms with Gasteiger partial charge < -0.3 is 0 Å². The second kappa shape index (κ2) is 6.73. The van der Waals surface area contributed by atoms with E-state index in [9.17, 15) is 4.79 Å². The zero-order valence-electron chi connectivity index (χ0n) is 6.15. The Kier molecular flexibility index (Phi) is 6.76. The molecule has 0 aliphatic rings. The van der Waals surface area contributed by atoms with Crippen LogP contribution in [0.1, 0.15) is 6.92 Å². The molecule has 5 heteroatoms. The Labute approximate surface area is 78.0 Å². The normalized spacial score (nSPS) is 13.6. The molecule has 0 saturated heterocycles. The van der Waals surface area contributed by atoms with E-state index >= 15 is 0 Å². The van der Waals surface area contributed by atoms with Crippen molar-refractivity contribution in [2.75, 3.05) is 5.75 Å². The molecular formula is C6H11NO2SSe. The van der Waals surface area contributed by atoms with E-state index in [-0.39, 0.29) is 15.2 Å². The van der Waals surface area contributed by atoms with Crippen LogP contribution in [0.15, 0.2) is 11.1 Å². The van der Waals surface area contributed by atoms with Gasteiger partial charge in [-0.3, -0.25) is 0 Å². The molecule has 2 N–H and O–H groups in total. The van der Waals surface area contributed by atoms with Crippen molar-refractivity contribution < 1.29 is 9.90 Å². The predicted molar refractivity (Wildman–Crippen MR) is 49.0 cm³/mol. The molecule has 0 rings (SSSR count). The number of rotatable bonds is 5. The summed E-state index contributed by atoms with van der Waals surface area (Å²) in [4.78, 5) is 12.3. The average molecular weight is 240 g/mol. The van der Waals surface area contributed by atoms with E-state index in [4.69, 9.17) is 5.11 Å².